The van der Waals surface area contributed by atoms with E-state index < -0.39 is 0 Å². The molecule has 0 aromatic heterocycles. The minimum Gasteiger partial charge on any atom is -0.325 e. The maximum Gasteiger partial charge on any atom is 0.0218 e. The minimum atomic E-state index is 0.291. The molecule has 0 spiro atoms. The summed E-state index contributed by atoms with van der Waals surface area (Å²) in [5.41, 5.74) is 6.38. The van der Waals surface area contributed by atoms with E-state index in [4.69, 9.17) is 5.73 Å². The number of fused-ring (bicyclic) bond motifs is 1. The van der Waals surface area contributed by atoms with Crippen LogP contribution in [0.3, 0.4) is 0 Å². The maximum absolute atomic E-state index is 6.09. The Morgan fingerprint density at radius 2 is 2.11 bits per heavy atom. The molecular formula is C8H15N. The quantitative estimate of drug-likeness (QED) is 0.520. The molecule has 0 aromatic rings. The van der Waals surface area contributed by atoms with Crippen LogP contribution in [0.5, 0.6) is 0 Å². The normalized spacial score (nSPS) is 63.7. The van der Waals surface area contributed by atoms with Gasteiger partial charge in [-0.25, -0.2) is 0 Å². The Morgan fingerprint density at radius 1 is 1.44 bits per heavy atom. The average molecular weight is 125 g/mol. The van der Waals surface area contributed by atoms with Crippen LogP contribution in [0.15, 0.2) is 0 Å². The van der Waals surface area contributed by atoms with Gasteiger partial charge >= 0.3 is 0 Å². The highest BCUT2D eigenvalue weighted by atomic mass is 14.9. The standard InChI is InChI=1S/C8H15N/c1-5-3-4-8(9)6(2)7(5)8/h5-7H,3-4,9H2,1-2H3. The molecule has 0 saturated heterocycles. The molecule has 0 amide bonds. The Morgan fingerprint density at radius 3 is 2.33 bits per heavy atom. The van der Waals surface area contributed by atoms with Crippen LogP contribution in [0.2, 0.25) is 0 Å². The third-order valence-corrected chi connectivity index (χ3v) is 3.54. The van der Waals surface area contributed by atoms with Crippen molar-refractivity contribution >= 4 is 0 Å². The molecule has 0 radical (unpaired) electrons. The fourth-order valence-electron chi connectivity index (χ4n) is 2.77. The van der Waals surface area contributed by atoms with E-state index in [-0.39, 0.29) is 0 Å². The van der Waals surface area contributed by atoms with Gasteiger partial charge in [0, 0.05) is 5.54 Å². The molecule has 0 aromatic carbocycles. The molecule has 4 unspecified atom stereocenters. The molecule has 4 atom stereocenters. The van der Waals surface area contributed by atoms with Gasteiger partial charge in [-0.05, 0) is 30.6 Å². The number of rotatable bonds is 0. The molecule has 52 valence electrons. The van der Waals surface area contributed by atoms with Crippen molar-refractivity contribution in [1.29, 1.82) is 0 Å². The monoisotopic (exact) mass is 125 g/mol. The zero-order valence-electron chi connectivity index (χ0n) is 6.22. The molecule has 1 nitrogen and oxygen atoms in total. The largest absolute Gasteiger partial charge is 0.325 e. The zero-order chi connectivity index (χ0) is 6.65. The number of hydrogen-bond donors (Lipinski definition) is 1. The van der Waals surface area contributed by atoms with Crippen molar-refractivity contribution < 1.29 is 0 Å². The predicted octanol–water partition coefficient (Wildman–Crippen LogP) is 1.38. The van der Waals surface area contributed by atoms with Crippen molar-refractivity contribution in [3.05, 3.63) is 0 Å². The average Bonchev–Trinajstić information content (AvgIpc) is 2.13. The molecular weight excluding hydrogens is 110 g/mol. The van der Waals surface area contributed by atoms with Crippen molar-refractivity contribution in [1.82, 2.24) is 0 Å². The Labute approximate surface area is 56.6 Å². The number of nitrogens with two attached hydrogens (primary N) is 1. The second-order valence-corrected chi connectivity index (χ2v) is 3.94. The van der Waals surface area contributed by atoms with Gasteiger partial charge in [-0.15, -0.1) is 0 Å². The SMILES string of the molecule is CC1CCC2(N)C(C)C12. The van der Waals surface area contributed by atoms with Crippen molar-refractivity contribution in [2.45, 2.75) is 32.2 Å². The Bertz CT molecular complexity index is 140. The summed E-state index contributed by atoms with van der Waals surface area (Å²) in [6.45, 7) is 4.63. The van der Waals surface area contributed by atoms with E-state index in [0.29, 0.717) is 5.54 Å². The van der Waals surface area contributed by atoms with E-state index in [1.807, 2.05) is 0 Å². The maximum atomic E-state index is 6.09. The van der Waals surface area contributed by atoms with E-state index in [2.05, 4.69) is 13.8 Å². The van der Waals surface area contributed by atoms with Gasteiger partial charge in [-0.1, -0.05) is 13.8 Å². The molecule has 0 aliphatic heterocycles. The van der Waals surface area contributed by atoms with Crippen molar-refractivity contribution in [2.24, 2.45) is 23.5 Å². The lowest BCUT2D eigenvalue weighted by atomic mass is 10.0. The summed E-state index contributed by atoms with van der Waals surface area (Å²) in [4.78, 5) is 0. The van der Waals surface area contributed by atoms with Crippen LogP contribution in [-0.2, 0) is 0 Å². The molecule has 0 heterocycles. The van der Waals surface area contributed by atoms with Crippen LogP contribution < -0.4 is 5.73 Å². The summed E-state index contributed by atoms with van der Waals surface area (Å²) in [5, 5.41) is 0. The third kappa shape index (κ3) is 0.493. The van der Waals surface area contributed by atoms with Gasteiger partial charge in [-0.2, -0.15) is 0 Å². The predicted molar refractivity (Wildman–Crippen MR) is 38.0 cm³/mol. The second-order valence-electron chi connectivity index (χ2n) is 3.94. The first-order valence-corrected chi connectivity index (χ1v) is 3.95. The summed E-state index contributed by atoms with van der Waals surface area (Å²) in [7, 11) is 0. The summed E-state index contributed by atoms with van der Waals surface area (Å²) in [5.74, 6) is 2.60. The Balaban J connectivity index is 2.18. The van der Waals surface area contributed by atoms with Crippen molar-refractivity contribution in [3.8, 4) is 0 Å². The fourth-order valence-corrected chi connectivity index (χ4v) is 2.77. The molecule has 9 heavy (non-hydrogen) atoms. The lowest BCUT2D eigenvalue weighted by molar-refractivity contribution is 0.479. The summed E-state index contributed by atoms with van der Waals surface area (Å²) in [6.07, 6.45) is 2.64. The smallest absolute Gasteiger partial charge is 0.0218 e. The van der Waals surface area contributed by atoms with E-state index in [9.17, 15) is 0 Å². The van der Waals surface area contributed by atoms with Crippen LogP contribution in [-0.4, -0.2) is 5.54 Å². The highest BCUT2D eigenvalue weighted by Gasteiger charge is 2.64. The van der Waals surface area contributed by atoms with Crippen molar-refractivity contribution in [2.75, 3.05) is 0 Å². The Kier molecular flexibility index (Phi) is 0.852. The fraction of sp³-hybridized carbons (Fsp3) is 1.00. The summed E-state index contributed by atoms with van der Waals surface area (Å²) < 4.78 is 0. The van der Waals surface area contributed by atoms with Crippen LogP contribution in [0.25, 0.3) is 0 Å². The van der Waals surface area contributed by atoms with Crippen LogP contribution in [0, 0.1) is 17.8 Å². The van der Waals surface area contributed by atoms with E-state index in [1.165, 1.54) is 12.8 Å². The molecule has 0 bridgehead atoms. The summed E-state index contributed by atoms with van der Waals surface area (Å²) in [6, 6.07) is 0. The van der Waals surface area contributed by atoms with E-state index in [1.54, 1.807) is 0 Å². The topological polar surface area (TPSA) is 26.0 Å². The first-order valence-electron chi connectivity index (χ1n) is 3.95. The third-order valence-electron chi connectivity index (χ3n) is 3.54. The lowest BCUT2D eigenvalue weighted by Crippen LogP contribution is -2.22. The van der Waals surface area contributed by atoms with E-state index >= 15 is 0 Å². The van der Waals surface area contributed by atoms with Gasteiger partial charge in [-0.3, -0.25) is 0 Å². The molecule has 1 heteroatoms. The molecule has 2 saturated carbocycles. The molecule has 2 fully saturated rings. The van der Waals surface area contributed by atoms with Gasteiger partial charge in [0.15, 0.2) is 0 Å². The van der Waals surface area contributed by atoms with Gasteiger partial charge in [0.1, 0.15) is 0 Å². The molecule has 2 aliphatic carbocycles. The molecule has 2 N–H and O–H groups in total. The van der Waals surface area contributed by atoms with Crippen LogP contribution in [0.1, 0.15) is 26.7 Å². The lowest BCUT2D eigenvalue weighted by Gasteiger charge is -2.04. The summed E-state index contributed by atoms with van der Waals surface area (Å²) >= 11 is 0. The van der Waals surface area contributed by atoms with Gasteiger partial charge in [0.2, 0.25) is 0 Å². The second kappa shape index (κ2) is 1.34. The van der Waals surface area contributed by atoms with Gasteiger partial charge < -0.3 is 5.73 Å². The molecule has 2 rings (SSSR count). The minimum absolute atomic E-state index is 0.291. The highest BCUT2D eigenvalue weighted by Crippen LogP contribution is 2.61. The molecule has 2 aliphatic rings. The zero-order valence-corrected chi connectivity index (χ0v) is 6.22. The Hall–Kier alpha value is -0.0400. The van der Waals surface area contributed by atoms with Crippen LogP contribution >= 0.6 is 0 Å². The first-order chi connectivity index (χ1) is 4.16. The highest BCUT2D eigenvalue weighted by molar-refractivity contribution is 5.19. The first kappa shape index (κ1) is 5.72. The van der Waals surface area contributed by atoms with Crippen LogP contribution in [0.4, 0.5) is 0 Å². The van der Waals surface area contributed by atoms with Gasteiger partial charge in [0.05, 0.1) is 0 Å². The number of hydrogen-bond acceptors (Lipinski definition) is 1. The van der Waals surface area contributed by atoms with E-state index in [0.717, 1.165) is 17.8 Å². The van der Waals surface area contributed by atoms with Gasteiger partial charge in [0.25, 0.3) is 0 Å². The van der Waals surface area contributed by atoms with Crippen molar-refractivity contribution in [3.63, 3.8) is 0 Å².